The molecule has 0 bridgehead atoms. The molecule has 28 heavy (non-hydrogen) atoms. The van der Waals surface area contributed by atoms with Gasteiger partial charge in [-0.2, -0.15) is 0 Å². The normalized spacial score (nSPS) is 26.2. The molecule has 1 aliphatic heterocycles. The lowest BCUT2D eigenvalue weighted by Gasteiger charge is -2.20. The molecule has 5 rings (SSSR count). The van der Waals surface area contributed by atoms with Crippen LogP contribution in [0, 0.1) is 11.3 Å². The number of pyridine rings is 1. The molecule has 8 heteroatoms. The fourth-order valence-corrected chi connectivity index (χ4v) is 4.17. The van der Waals surface area contributed by atoms with Crippen LogP contribution in [0.25, 0.3) is 0 Å². The van der Waals surface area contributed by atoms with E-state index in [1.807, 2.05) is 0 Å². The molecule has 0 saturated heterocycles. The van der Waals surface area contributed by atoms with Crippen LogP contribution < -0.4 is 15.4 Å². The molecule has 144 valence electrons. The van der Waals surface area contributed by atoms with Crippen molar-refractivity contribution in [2.75, 3.05) is 11.9 Å². The second-order valence-corrected chi connectivity index (χ2v) is 7.32. The number of aromatic hydroxyl groups is 1. The van der Waals surface area contributed by atoms with E-state index in [2.05, 4.69) is 15.6 Å². The van der Waals surface area contributed by atoms with Gasteiger partial charge < -0.3 is 19.9 Å². The Morgan fingerprint density at radius 1 is 1.39 bits per heavy atom. The number of carbonyl (C=O) groups is 2. The van der Waals surface area contributed by atoms with E-state index < -0.39 is 5.41 Å². The molecule has 2 heterocycles. The number of amides is 2. The van der Waals surface area contributed by atoms with Gasteiger partial charge in [-0.3, -0.25) is 10.1 Å². The van der Waals surface area contributed by atoms with Gasteiger partial charge >= 0.3 is 12.0 Å². The number of urea groups is 1. The van der Waals surface area contributed by atoms with Crippen molar-refractivity contribution in [2.24, 2.45) is 11.3 Å². The Kier molecular flexibility index (Phi) is 3.52. The summed E-state index contributed by atoms with van der Waals surface area (Å²) >= 11 is 0. The van der Waals surface area contributed by atoms with Crippen LogP contribution in [0.1, 0.15) is 30.4 Å². The monoisotopic (exact) mass is 381 g/mol. The van der Waals surface area contributed by atoms with Gasteiger partial charge in [-0.1, -0.05) is 0 Å². The van der Waals surface area contributed by atoms with Crippen LogP contribution >= 0.6 is 0 Å². The highest BCUT2D eigenvalue weighted by Crippen LogP contribution is 2.85. The first-order chi connectivity index (χ1) is 13.5. The van der Waals surface area contributed by atoms with Gasteiger partial charge in [-0.25, -0.2) is 9.78 Å². The predicted molar refractivity (Wildman–Crippen MR) is 98.2 cm³/mol. The third kappa shape index (κ3) is 2.41. The largest absolute Gasteiger partial charge is 0.508 e. The maximum absolute atomic E-state index is 12.2. The predicted octanol–water partition coefficient (Wildman–Crippen LogP) is 2.88. The molecule has 3 atom stereocenters. The van der Waals surface area contributed by atoms with Gasteiger partial charge in [0.1, 0.15) is 23.1 Å². The minimum absolute atomic E-state index is 0.0255. The van der Waals surface area contributed by atoms with E-state index in [-0.39, 0.29) is 29.6 Å². The highest BCUT2D eigenvalue weighted by molar-refractivity contribution is 5.91. The maximum atomic E-state index is 12.2. The summed E-state index contributed by atoms with van der Waals surface area (Å²) in [6.45, 7) is 2.46. The summed E-state index contributed by atoms with van der Waals surface area (Å²) in [4.78, 5) is 27.9. The van der Waals surface area contributed by atoms with Gasteiger partial charge in [0.05, 0.1) is 24.1 Å². The smallest absolute Gasteiger partial charge is 0.320 e. The highest BCUT2D eigenvalue weighted by atomic mass is 16.5. The van der Waals surface area contributed by atoms with Gasteiger partial charge in [-0.05, 0) is 43.5 Å². The van der Waals surface area contributed by atoms with Gasteiger partial charge in [0.15, 0.2) is 0 Å². The molecule has 2 aromatic rings. The third-order valence-electron chi connectivity index (χ3n) is 5.80. The van der Waals surface area contributed by atoms with Crippen molar-refractivity contribution in [1.82, 2.24) is 10.3 Å². The summed E-state index contributed by atoms with van der Waals surface area (Å²) in [5.74, 6) is 1.76. The van der Waals surface area contributed by atoms with Gasteiger partial charge in [0.2, 0.25) is 0 Å². The third-order valence-corrected chi connectivity index (χ3v) is 5.80. The molecule has 2 fully saturated rings. The second kappa shape index (κ2) is 5.85. The zero-order valence-electron chi connectivity index (χ0n) is 15.2. The Labute approximate surface area is 160 Å². The van der Waals surface area contributed by atoms with E-state index in [0.29, 0.717) is 36.0 Å². The number of anilines is 1. The molecular formula is C20H19N3O5. The SMILES string of the molecule is CCOC(=O)[C@@]12C[C@H]1[C@H]2c1cc(Oc2ccnc3c2CNC(=O)N3)ccc1O. The number of phenols is 1. The minimum Gasteiger partial charge on any atom is -0.508 e. The number of aromatic nitrogens is 1. The molecule has 0 spiro atoms. The lowest BCUT2D eigenvalue weighted by Crippen LogP contribution is -2.34. The summed E-state index contributed by atoms with van der Waals surface area (Å²) in [6.07, 6.45) is 2.37. The van der Waals surface area contributed by atoms with Crippen LogP contribution in [0.5, 0.6) is 17.2 Å². The molecule has 1 aromatic carbocycles. The summed E-state index contributed by atoms with van der Waals surface area (Å²) in [5.41, 5.74) is 0.987. The zero-order valence-corrected chi connectivity index (χ0v) is 15.2. The first kappa shape index (κ1) is 16.9. The summed E-state index contributed by atoms with van der Waals surface area (Å²) < 4.78 is 11.2. The Balaban J connectivity index is 1.41. The number of hydrogen-bond acceptors (Lipinski definition) is 6. The van der Waals surface area contributed by atoms with Crippen molar-refractivity contribution in [1.29, 1.82) is 0 Å². The van der Waals surface area contributed by atoms with E-state index in [4.69, 9.17) is 9.47 Å². The number of esters is 1. The number of nitrogens with one attached hydrogen (secondary N) is 2. The maximum Gasteiger partial charge on any atom is 0.320 e. The van der Waals surface area contributed by atoms with Gasteiger partial charge in [0, 0.05) is 17.7 Å². The van der Waals surface area contributed by atoms with Crippen molar-refractivity contribution >= 4 is 17.8 Å². The van der Waals surface area contributed by atoms with Crippen molar-refractivity contribution in [2.45, 2.75) is 25.8 Å². The Bertz CT molecular complexity index is 1010. The molecular weight excluding hydrogens is 362 g/mol. The number of hydrogen-bond donors (Lipinski definition) is 3. The fraction of sp³-hybridized carbons (Fsp3) is 0.350. The van der Waals surface area contributed by atoms with Crippen molar-refractivity contribution in [3.63, 3.8) is 0 Å². The number of benzene rings is 1. The van der Waals surface area contributed by atoms with Crippen LogP contribution in [0.4, 0.5) is 10.6 Å². The highest BCUT2D eigenvalue weighted by Gasteiger charge is 2.84. The summed E-state index contributed by atoms with van der Waals surface area (Å²) in [6, 6.07) is 6.44. The van der Waals surface area contributed by atoms with E-state index >= 15 is 0 Å². The Morgan fingerprint density at radius 3 is 3.04 bits per heavy atom. The van der Waals surface area contributed by atoms with Crippen LogP contribution in [0.2, 0.25) is 0 Å². The lowest BCUT2D eigenvalue weighted by atomic mass is 9.96. The lowest BCUT2D eigenvalue weighted by molar-refractivity contribution is -0.147. The van der Waals surface area contributed by atoms with Crippen molar-refractivity contribution in [3.8, 4) is 17.2 Å². The van der Waals surface area contributed by atoms with E-state index in [1.54, 1.807) is 37.4 Å². The van der Waals surface area contributed by atoms with Gasteiger partial charge in [-0.15, -0.1) is 0 Å². The number of fused-ring (bicyclic) bond motifs is 2. The van der Waals surface area contributed by atoms with Crippen LogP contribution in [0.3, 0.4) is 0 Å². The van der Waals surface area contributed by atoms with Gasteiger partial charge in [0.25, 0.3) is 0 Å². The molecule has 0 unspecified atom stereocenters. The molecule has 0 radical (unpaired) electrons. The van der Waals surface area contributed by atoms with Crippen LogP contribution in [0.15, 0.2) is 30.5 Å². The molecule has 2 amide bonds. The number of nitrogens with zero attached hydrogens (tertiary/aromatic N) is 1. The number of rotatable bonds is 5. The van der Waals surface area contributed by atoms with Crippen LogP contribution in [-0.4, -0.2) is 28.7 Å². The van der Waals surface area contributed by atoms with Crippen LogP contribution in [-0.2, 0) is 16.1 Å². The molecule has 8 nitrogen and oxygen atoms in total. The minimum atomic E-state index is -0.462. The number of carbonyl (C=O) groups excluding carboxylic acids is 2. The number of phenolic OH excluding ortho intramolecular Hbond substituents is 1. The van der Waals surface area contributed by atoms with Crippen molar-refractivity contribution in [3.05, 3.63) is 41.6 Å². The Hall–Kier alpha value is -3.29. The first-order valence-corrected chi connectivity index (χ1v) is 9.25. The van der Waals surface area contributed by atoms with E-state index in [9.17, 15) is 14.7 Å². The second-order valence-electron chi connectivity index (χ2n) is 7.32. The van der Waals surface area contributed by atoms with E-state index in [1.165, 1.54) is 0 Å². The van der Waals surface area contributed by atoms with E-state index in [0.717, 1.165) is 12.0 Å². The standard InChI is InChI=1S/C20H19N3O5/c1-2-27-18(25)20-8-13(20)16(20)11-7-10(3-4-14(11)24)28-15-5-6-21-17-12(15)9-22-19(26)23-17/h3-7,13,16,24H,2,8-9H2,1H3,(H2,21,22,23,26)/t13-,16+,20-/m0/s1. The molecule has 1 aromatic heterocycles. The number of ether oxygens (including phenoxy) is 2. The average molecular weight is 381 g/mol. The zero-order chi connectivity index (χ0) is 19.5. The molecule has 3 N–H and O–H groups in total. The molecule has 3 aliphatic rings. The quantitative estimate of drug-likeness (QED) is 0.687. The first-order valence-electron chi connectivity index (χ1n) is 9.25. The van der Waals surface area contributed by atoms with Crippen molar-refractivity contribution < 1.29 is 24.2 Å². The average Bonchev–Trinajstić information content (AvgIpc) is 3.55. The molecule has 2 aliphatic carbocycles. The summed E-state index contributed by atoms with van der Waals surface area (Å²) in [5, 5.41) is 15.7. The fourth-order valence-electron chi connectivity index (χ4n) is 4.17. The Morgan fingerprint density at radius 2 is 2.25 bits per heavy atom. The summed E-state index contributed by atoms with van der Waals surface area (Å²) in [7, 11) is 0. The molecule has 2 saturated carbocycles. The topological polar surface area (TPSA) is 110 Å².